The molecule has 3 heteroatoms. The van der Waals surface area contributed by atoms with Gasteiger partial charge in [-0.2, -0.15) is 0 Å². The lowest BCUT2D eigenvalue weighted by Crippen LogP contribution is -2.06. The molecule has 0 radical (unpaired) electrons. The van der Waals surface area contributed by atoms with E-state index in [0.29, 0.717) is 11.1 Å². The standard InChI is InChI=1S/C23H19ClF2/c1-2-3-14-4-8-18-15(10-14)5-6-16-11-20(22(25)13-19(16)18)17-7-9-21(24)23(26)12-17/h4,7-13H,2-3,5-6H2,1H3. The fourth-order valence-corrected chi connectivity index (χ4v) is 3.91. The van der Waals surface area contributed by atoms with Gasteiger partial charge in [0.2, 0.25) is 0 Å². The number of benzene rings is 3. The molecule has 0 atom stereocenters. The minimum Gasteiger partial charge on any atom is -0.206 e. The van der Waals surface area contributed by atoms with E-state index in [1.54, 1.807) is 12.1 Å². The van der Waals surface area contributed by atoms with Crippen molar-refractivity contribution in [2.45, 2.75) is 32.6 Å². The Bertz CT molecular complexity index is 992. The molecule has 3 aromatic carbocycles. The molecule has 0 aliphatic heterocycles. The highest BCUT2D eigenvalue weighted by Crippen LogP contribution is 2.38. The molecule has 0 saturated carbocycles. The van der Waals surface area contributed by atoms with E-state index in [1.807, 2.05) is 6.07 Å². The number of aryl methyl sites for hydroxylation is 3. The van der Waals surface area contributed by atoms with Crippen LogP contribution in [-0.4, -0.2) is 0 Å². The van der Waals surface area contributed by atoms with Gasteiger partial charge in [0.1, 0.15) is 11.6 Å². The van der Waals surface area contributed by atoms with Crippen molar-refractivity contribution in [3.8, 4) is 22.3 Å². The summed E-state index contributed by atoms with van der Waals surface area (Å²) in [4.78, 5) is 0. The molecule has 0 saturated heterocycles. The van der Waals surface area contributed by atoms with Gasteiger partial charge < -0.3 is 0 Å². The van der Waals surface area contributed by atoms with Crippen LogP contribution in [0.2, 0.25) is 5.02 Å². The van der Waals surface area contributed by atoms with Crippen LogP contribution in [0.3, 0.4) is 0 Å². The molecule has 0 heterocycles. The van der Waals surface area contributed by atoms with Crippen molar-refractivity contribution >= 4 is 11.6 Å². The van der Waals surface area contributed by atoms with E-state index in [2.05, 4.69) is 25.1 Å². The fraction of sp³-hybridized carbons (Fsp3) is 0.217. The maximum atomic E-state index is 14.8. The molecule has 0 fully saturated rings. The van der Waals surface area contributed by atoms with Crippen molar-refractivity contribution in [2.75, 3.05) is 0 Å². The van der Waals surface area contributed by atoms with Crippen molar-refractivity contribution in [3.05, 3.63) is 81.9 Å². The van der Waals surface area contributed by atoms with Crippen LogP contribution in [0.25, 0.3) is 22.3 Å². The van der Waals surface area contributed by atoms with Gasteiger partial charge in [-0.25, -0.2) is 8.78 Å². The first-order chi connectivity index (χ1) is 12.6. The highest BCUT2D eigenvalue weighted by atomic mass is 35.5. The number of hydrogen-bond donors (Lipinski definition) is 0. The van der Waals surface area contributed by atoms with E-state index in [4.69, 9.17) is 11.6 Å². The Morgan fingerprint density at radius 2 is 1.58 bits per heavy atom. The largest absolute Gasteiger partial charge is 0.206 e. The minimum atomic E-state index is -0.532. The number of rotatable bonds is 3. The molecular formula is C23H19ClF2. The van der Waals surface area contributed by atoms with Gasteiger partial charge in [0.15, 0.2) is 0 Å². The maximum Gasteiger partial charge on any atom is 0.142 e. The van der Waals surface area contributed by atoms with Gasteiger partial charge in [-0.05, 0) is 76.9 Å². The van der Waals surface area contributed by atoms with Crippen LogP contribution >= 0.6 is 11.6 Å². The molecule has 0 N–H and O–H groups in total. The van der Waals surface area contributed by atoms with Gasteiger partial charge in [-0.1, -0.05) is 49.2 Å². The predicted molar refractivity (Wildman–Crippen MR) is 104 cm³/mol. The maximum absolute atomic E-state index is 14.8. The first-order valence-corrected chi connectivity index (χ1v) is 9.34. The summed E-state index contributed by atoms with van der Waals surface area (Å²) >= 11 is 5.75. The van der Waals surface area contributed by atoms with Crippen LogP contribution in [0.4, 0.5) is 8.78 Å². The Balaban J connectivity index is 1.79. The van der Waals surface area contributed by atoms with E-state index in [-0.39, 0.29) is 10.8 Å². The summed E-state index contributed by atoms with van der Waals surface area (Å²) in [6.45, 7) is 2.17. The van der Waals surface area contributed by atoms with E-state index < -0.39 is 5.82 Å². The van der Waals surface area contributed by atoms with Crippen molar-refractivity contribution in [2.24, 2.45) is 0 Å². The Morgan fingerprint density at radius 1 is 0.808 bits per heavy atom. The van der Waals surface area contributed by atoms with Gasteiger partial charge >= 0.3 is 0 Å². The van der Waals surface area contributed by atoms with Crippen molar-refractivity contribution in [1.29, 1.82) is 0 Å². The quantitative estimate of drug-likeness (QED) is 0.466. The van der Waals surface area contributed by atoms with Crippen LogP contribution in [0.5, 0.6) is 0 Å². The van der Waals surface area contributed by atoms with Crippen LogP contribution in [0, 0.1) is 11.6 Å². The number of halogens is 3. The SMILES string of the molecule is CCCc1ccc2c(c1)CCc1cc(-c3ccc(Cl)c(F)c3)c(F)cc1-2. The van der Waals surface area contributed by atoms with E-state index in [0.717, 1.165) is 42.4 Å². The molecule has 132 valence electrons. The van der Waals surface area contributed by atoms with Crippen molar-refractivity contribution in [3.63, 3.8) is 0 Å². The monoisotopic (exact) mass is 368 g/mol. The second-order valence-electron chi connectivity index (χ2n) is 6.86. The lowest BCUT2D eigenvalue weighted by atomic mass is 9.83. The van der Waals surface area contributed by atoms with E-state index >= 15 is 0 Å². The highest BCUT2D eigenvalue weighted by molar-refractivity contribution is 6.30. The summed E-state index contributed by atoms with van der Waals surface area (Å²) in [5.41, 5.74) is 6.72. The van der Waals surface area contributed by atoms with Crippen LogP contribution < -0.4 is 0 Å². The highest BCUT2D eigenvalue weighted by Gasteiger charge is 2.20. The first kappa shape index (κ1) is 17.2. The third kappa shape index (κ3) is 3.03. The molecule has 0 spiro atoms. The van der Waals surface area contributed by atoms with Crippen LogP contribution in [0.15, 0.2) is 48.5 Å². The summed E-state index contributed by atoms with van der Waals surface area (Å²) in [5, 5.41) is 0.0453. The summed E-state index contributed by atoms with van der Waals surface area (Å²) in [7, 11) is 0. The smallest absolute Gasteiger partial charge is 0.142 e. The van der Waals surface area contributed by atoms with Gasteiger partial charge in [0.05, 0.1) is 5.02 Å². The minimum absolute atomic E-state index is 0.0453. The third-order valence-corrected chi connectivity index (χ3v) is 5.39. The van der Waals surface area contributed by atoms with Crippen LogP contribution in [-0.2, 0) is 19.3 Å². The topological polar surface area (TPSA) is 0 Å². The average Bonchev–Trinajstić information content (AvgIpc) is 2.63. The molecule has 0 bridgehead atoms. The summed E-state index contributed by atoms with van der Waals surface area (Å²) < 4.78 is 28.6. The van der Waals surface area contributed by atoms with Gasteiger partial charge in [0.25, 0.3) is 0 Å². The Hall–Kier alpha value is -2.19. The molecule has 1 aliphatic rings. The molecule has 0 aromatic heterocycles. The predicted octanol–water partition coefficient (Wildman–Crippen LogP) is 7.00. The summed E-state index contributed by atoms with van der Waals surface area (Å²) in [5.74, 6) is -0.869. The molecule has 0 unspecified atom stereocenters. The zero-order valence-corrected chi connectivity index (χ0v) is 15.3. The summed E-state index contributed by atoms with van der Waals surface area (Å²) in [6.07, 6.45) is 3.99. The van der Waals surface area contributed by atoms with Crippen LogP contribution in [0.1, 0.15) is 30.0 Å². The Kier molecular flexibility index (Phi) is 4.54. The Morgan fingerprint density at radius 3 is 2.31 bits per heavy atom. The van der Waals surface area contributed by atoms with Crippen molar-refractivity contribution in [1.82, 2.24) is 0 Å². The Labute approximate surface area is 157 Å². The van der Waals surface area contributed by atoms with Crippen molar-refractivity contribution < 1.29 is 8.78 Å². The number of hydrogen-bond acceptors (Lipinski definition) is 0. The summed E-state index contributed by atoms with van der Waals surface area (Å²) in [6, 6.07) is 14.4. The first-order valence-electron chi connectivity index (χ1n) is 8.97. The zero-order chi connectivity index (χ0) is 18.3. The second kappa shape index (κ2) is 6.85. The third-order valence-electron chi connectivity index (χ3n) is 5.09. The van der Waals surface area contributed by atoms with E-state index in [1.165, 1.54) is 23.3 Å². The molecule has 1 aliphatic carbocycles. The lowest BCUT2D eigenvalue weighted by molar-refractivity contribution is 0.624. The molecule has 0 nitrogen and oxygen atoms in total. The van der Waals surface area contributed by atoms with Gasteiger partial charge in [-0.15, -0.1) is 0 Å². The molecule has 4 rings (SSSR count). The average molecular weight is 369 g/mol. The fourth-order valence-electron chi connectivity index (χ4n) is 3.79. The molecular weight excluding hydrogens is 350 g/mol. The zero-order valence-electron chi connectivity index (χ0n) is 14.6. The molecule has 26 heavy (non-hydrogen) atoms. The normalized spacial score (nSPS) is 12.6. The lowest BCUT2D eigenvalue weighted by Gasteiger charge is -2.22. The molecule has 0 amide bonds. The molecule has 3 aromatic rings. The second-order valence-corrected chi connectivity index (χ2v) is 7.27. The van der Waals surface area contributed by atoms with Gasteiger partial charge in [-0.3, -0.25) is 0 Å². The van der Waals surface area contributed by atoms with E-state index in [9.17, 15) is 8.78 Å². The van der Waals surface area contributed by atoms with Gasteiger partial charge in [0, 0.05) is 5.56 Å². The number of fused-ring (bicyclic) bond motifs is 3.